The maximum Gasteiger partial charge on any atom is 0.253 e. The summed E-state index contributed by atoms with van der Waals surface area (Å²) in [5.74, 6) is -0.0618. The number of amides is 1. The molecule has 0 bridgehead atoms. The number of para-hydroxylation sites is 1. The van der Waals surface area contributed by atoms with Crippen molar-refractivity contribution >= 4 is 11.6 Å². The van der Waals surface area contributed by atoms with Crippen LogP contribution in [0.25, 0.3) is 0 Å². The number of aromatic nitrogens is 2. The van der Waals surface area contributed by atoms with Crippen LogP contribution in [-0.2, 0) is 6.42 Å². The lowest BCUT2D eigenvalue weighted by Gasteiger charge is -2.14. The van der Waals surface area contributed by atoms with Crippen LogP contribution in [0.15, 0.2) is 36.8 Å². The summed E-state index contributed by atoms with van der Waals surface area (Å²) in [5, 5.41) is 6.21. The fourth-order valence-electron chi connectivity index (χ4n) is 1.95. The lowest BCUT2D eigenvalue weighted by molar-refractivity contribution is 0.0955. The van der Waals surface area contributed by atoms with Gasteiger partial charge in [-0.25, -0.2) is 4.98 Å². The van der Waals surface area contributed by atoms with E-state index in [9.17, 15) is 4.79 Å². The summed E-state index contributed by atoms with van der Waals surface area (Å²) >= 11 is 0. The van der Waals surface area contributed by atoms with Gasteiger partial charge in [0.05, 0.1) is 11.9 Å². The minimum Gasteiger partial charge on any atom is -0.382 e. The van der Waals surface area contributed by atoms with E-state index in [1.165, 1.54) is 0 Å². The summed E-state index contributed by atoms with van der Waals surface area (Å²) in [6, 6.07) is 7.83. The SMILES string of the molecule is CC(C)Nc1ccccc1C(=O)NCCc1cnc[nH]1. The van der Waals surface area contributed by atoms with Gasteiger partial charge in [0.1, 0.15) is 0 Å². The lowest BCUT2D eigenvalue weighted by atomic mass is 10.1. The summed E-state index contributed by atoms with van der Waals surface area (Å²) in [4.78, 5) is 19.2. The van der Waals surface area contributed by atoms with Crippen molar-refractivity contribution in [2.45, 2.75) is 26.3 Å². The number of rotatable bonds is 6. The lowest BCUT2D eigenvalue weighted by Crippen LogP contribution is -2.27. The molecule has 0 saturated heterocycles. The van der Waals surface area contributed by atoms with E-state index in [0.717, 1.165) is 17.8 Å². The first-order chi connectivity index (χ1) is 9.66. The van der Waals surface area contributed by atoms with Crippen LogP contribution in [0.5, 0.6) is 0 Å². The fraction of sp³-hybridized carbons (Fsp3) is 0.333. The number of nitrogens with zero attached hydrogens (tertiary/aromatic N) is 1. The van der Waals surface area contributed by atoms with Crippen molar-refractivity contribution in [3.05, 3.63) is 48.0 Å². The van der Waals surface area contributed by atoms with E-state index in [1.807, 2.05) is 38.1 Å². The Morgan fingerprint density at radius 1 is 1.35 bits per heavy atom. The Labute approximate surface area is 118 Å². The summed E-state index contributed by atoms with van der Waals surface area (Å²) in [5.41, 5.74) is 2.55. The largest absolute Gasteiger partial charge is 0.382 e. The van der Waals surface area contributed by atoms with E-state index >= 15 is 0 Å². The minimum atomic E-state index is -0.0618. The van der Waals surface area contributed by atoms with Gasteiger partial charge in [0.15, 0.2) is 0 Å². The second-order valence-electron chi connectivity index (χ2n) is 4.93. The zero-order valence-electron chi connectivity index (χ0n) is 11.8. The molecule has 1 aromatic carbocycles. The molecule has 0 aliphatic rings. The van der Waals surface area contributed by atoms with Crippen LogP contribution in [0.2, 0.25) is 0 Å². The number of imidazole rings is 1. The van der Waals surface area contributed by atoms with E-state index < -0.39 is 0 Å². The highest BCUT2D eigenvalue weighted by atomic mass is 16.1. The maximum atomic E-state index is 12.2. The molecule has 0 spiro atoms. The van der Waals surface area contributed by atoms with E-state index in [2.05, 4.69) is 20.6 Å². The molecule has 5 heteroatoms. The van der Waals surface area contributed by atoms with Crippen molar-refractivity contribution in [3.63, 3.8) is 0 Å². The Bertz CT molecular complexity index is 549. The number of benzene rings is 1. The summed E-state index contributed by atoms with van der Waals surface area (Å²) < 4.78 is 0. The summed E-state index contributed by atoms with van der Waals surface area (Å²) in [6.45, 7) is 4.68. The molecule has 0 radical (unpaired) electrons. The summed E-state index contributed by atoms with van der Waals surface area (Å²) in [6.07, 6.45) is 4.14. The zero-order chi connectivity index (χ0) is 14.4. The van der Waals surface area contributed by atoms with Crippen LogP contribution in [0.3, 0.4) is 0 Å². The molecule has 3 N–H and O–H groups in total. The first kappa shape index (κ1) is 14.1. The molecule has 0 aliphatic heterocycles. The zero-order valence-corrected chi connectivity index (χ0v) is 11.8. The molecule has 106 valence electrons. The molecule has 1 heterocycles. The monoisotopic (exact) mass is 272 g/mol. The highest BCUT2D eigenvalue weighted by Gasteiger charge is 2.10. The van der Waals surface area contributed by atoms with E-state index in [4.69, 9.17) is 0 Å². The molecule has 0 unspecified atom stereocenters. The number of nitrogens with one attached hydrogen (secondary N) is 3. The molecule has 2 aromatic rings. The molecule has 2 rings (SSSR count). The fourth-order valence-corrected chi connectivity index (χ4v) is 1.95. The molecule has 5 nitrogen and oxygen atoms in total. The van der Waals surface area contributed by atoms with Crippen molar-refractivity contribution in [1.29, 1.82) is 0 Å². The molecule has 1 amide bonds. The van der Waals surface area contributed by atoms with Crippen molar-refractivity contribution in [2.24, 2.45) is 0 Å². The number of H-pyrrole nitrogens is 1. The van der Waals surface area contributed by atoms with E-state index in [1.54, 1.807) is 12.5 Å². The number of hydrogen-bond donors (Lipinski definition) is 3. The topological polar surface area (TPSA) is 69.8 Å². The quantitative estimate of drug-likeness (QED) is 0.755. The molecule has 0 atom stereocenters. The van der Waals surface area contributed by atoms with Crippen LogP contribution >= 0.6 is 0 Å². The molecule has 0 aliphatic carbocycles. The van der Waals surface area contributed by atoms with Crippen LogP contribution < -0.4 is 10.6 Å². The van der Waals surface area contributed by atoms with Gasteiger partial charge in [-0.3, -0.25) is 4.79 Å². The predicted octanol–water partition coefficient (Wildman–Crippen LogP) is 2.20. The van der Waals surface area contributed by atoms with Crippen LogP contribution in [0.1, 0.15) is 29.9 Å². The Balaban J connectivity index is 1.94. The summed E-state index contributed by atoms with van der Waals surface area (Å²) in [7, 11) is 0. The number of aromatic amines is 1. The van der Waals surface area contributed by atoms with Gasteiger partial charge in [-0.15, -0.1) is 0 Å². The standard InChI is InChI=1S/C15H20N4O/c1-11(2)19-14-6-4-3-5-13(14)15(20)17-8-7-12-9-16-10-18-12/h3-6,9-11,19H,7-8H2,1-2H3,(H,16,18)(H,17,20). The average Bonchev–Trinajstić information content (AvgIpc) is 2.91. The molecule has 20 heavy (non-hydrogen) atoms. The molecular formula is C15H20N4O. The van der Waals surface area contributed by atoms with Gasteiger partial charge in [0.2, 0.25) is 0 Å². The van der Waals surface area contributed by atoms with Crippen LogP contribution in [0.4, 0.5) is 5.69 Å². The van der Waals surface area contributed by atoms with E-state index in [-0.39, 0.29) is 11.9 Å². The van der Waals surface area contributed by atoms with Crippen molar-refractivity contribution < 1.29 is 4.79 Å². The third-order valence-electron chi connectivity index (χ3n) is 2.85. The van der Waals surface area contributed by atoms with Gasteiger partial charge in [-0.1, -0.05) is 12.1 Å². The third-order valence-corrected chi connectivity index (χ3v) is 2.85. The average molecular weight is 272 g/mol. The van der Waals surface area contributed by atoms with Crippen LogP contribution in [-0.4, -0.2) is 28.5 Å². The van der Waals surface area contributed by atoms with Crippen molar-refractivity contribution in [2.75, 3.05) is 11.9 Å². The van der Waals surface area contributed by atoms with E-state index in [0.29, 0.717) is 12.1 Å². The van der Waals surface area contributed by atoms with Crippen molar-refractivity contribution in [1.82, 2.24) is 15.3 Å². The number of carbonyl (C=O) groups is 1. The normalized spacial score (nSPS) is 10.6. The Morgan fingerprint density at radius 2 is 2.15 bits per heavy atom. The highest BCUT2D eigenvalue weighted by Crippen LogP contribution is 2.15. The Hall–Kier alpha value is -2.30. The number of hydrogen-bond acceptors (Lipinski definition) is 3. The second-order valence-corrected chi connectivity index (χ2v) is 4.93. The second kappa shape index (κ2) is 6.75. The first-order valence-corrected chi connectivity index (χ1v) is 6.78. The molecule has 1 aromatic heterocycles. The molecule has 0 fully saturated rings. The van der Waals surface area contributed by atoms with Gasteiger partial charge in [-0.05, 0) is 26.0 Å². The van der Waals surface area contributed by atoms with Gasteiger partial charge >= 0.3 is 0 Å². The van der Waals surface area contributed by atoms with Crippen molar-refractivity contribution in [3.8, 4) is 0 Å². The Kier molecular flexibility index (Phi) is 4.76. The van der Waals surface area contributed by atoms with Crippen LogP contribution in [0, 0.1) is 0 Å². The maximum absolute atomic E-state index is 12.2. The first-order valence-electron chi connectivity index (χ1n) is 6.78. The predicted molar refractivity (Wildman–Crippen MR) is 79.8 cm³/mol. The van der Waals surface area contributed by atoms with Gasteiger partial charge in [0.25, 0.3) is 5.91 Å². The molecular weight excluding hydrogens is 252 g/mol. The number of carbonyl (C=O) groups excluding carboxylic acids is 1. The Morgan fingerprint density at radius 3 is 2.85 bits per heavy atom. The third kappa shape index (κ3) is 3.85. The minimum absolute atomic E-state index is 0.0618. The highest BCUT2D eigenvalue weighted by molar-refractivity contribution is 5.99. The number of anilines is 1. The van der Waals surface area contributed by atoms with Gasteiger partial charge in [0, 0.05) is 36.6 Å². The smallest absolute Gasteiger partial charge is 0.253 e. The van der Waals surface area contributed by atoms with Gasteiger partial charge < -0.3 is 15.6 Å². The molecule has 0 saturated carbocycles. The van der Waals surface area contributed by atoms with Gasteiger partial charge in [-0.2, -0.15) is 0 Å².